The number of hydrogen-bond donors (Lipinski definition) is 2. The first-order valence-electron chi connectivity index (χ1n) is 9.26. The molecule has 1 aromatic carbocycles. The molecule has 1 heterocycles. The monoisotopic (exact) mass is 506 g/mol. The van der Waals surface area contributed by atoms with Crippen molar-refractivity contribution < 1.29 is 23.9 Å². The van der Waals surface area contributed by atoms with Gasteiger partial charge in [-0.3, -0.25) is 4.79 Å². The van der Waals surface area contributed by atoms with Crippen molar-refractivity contribution in [3.63, 3.8) is 0 Å². The molecule has 1 atom stereocenters. The molecular formula is C20H21Cl3N2O5S. The third-order valence-electron chi connectivity index (χ3n) is 4.00. The zero-order chi connectivity index (χ0) is 23.2. The van der Waals surface area contributed by atoms with E-state index in [1.54, 1.807) is 51.1 Å². The Morgan fingerprint density at radius 3 is 2.16 bits per heavy atom. The second kappa shape index (κ2) is 11.0. The van der Waals surface area contributed by atoms with Crippen molar-refractivity contribution in [2.24, 2.45) is 0 Å². The van der Waals surface area contributed by atoms with E-state index in [0.717, 1.165) is 11.3 Å². The smallest absolute Gasteiger partial charge is 0.348 e. The Bertz CT molecular complexity index is 944. The molecule has 0 unspecified atom stereocenters. The van der Waals surface area contributed by atoms with E-state index >= 15 is 0 Å². The molecule has 0 aliphatic rings. The predicted octanol–water partition coefficient (Wildman–Crippen LogP) is 4.95. The second-order valence-corrected chi connectivity index (χ2v) is 9.55. The Balaban J connectivity index is 2.42. The fourth-order valence-corrected chi connectivity index (χ4v) is 4.03. The second-order valence-electron chi connectivity index (χ2n) is 6.16. The molecule has 168 valence electrons. The lowest BCUT2D eigenvalue weighted by Gasteiger charge is -2.27. The first-order valence-corrected chi connectivity index (χ1v) is 11.2. The zero-order valence-electron chi connectivity index (χ0n) is 17.0. The summed E-state index contributed by atoms with van der Waals surface area (Å²) < 4.78 is 8.18. The maximum absolute atomic E-state index is 12.6. The van der Waals surface area contributed by atoms with E-state index < -0.39 is 27.8 Å². The quantitative estimate of drug-likeness (QED) is 0.298. The van der Waals surface area contributed by atoms with Crippen molar-refractivity contribution in [1.29, 1.82) is 0 Å². The number of hydrogen-bond acceptors (Lipinski definition) is 7. The summed E-state index contributed by atoms with van der Waals surface area (Å²) in [6, 6.07) is 8.35. The van der Waals surface area contributed by atoms with Crippen molar-refractivity contribution in [3.8, 4) is 0 Å². The minimum Gasteiger partial charge on any atom is -0.462 e. The number of anilines is 1. The average molecular weight is 508 g/mol. The molecular weight excluding hydrogens is 487 g/mol. The fourth-order valence-electron chi connectivity index (χ4n) is 2.59. The Kier molecular flexibility index (Phi) is 9.00. The first kappa shape index (κ1) is 25.3. The zero-order valence-corrected chi connectivity index (χ0v) is 20.0. The molecule has 0 aliphatic carbocycles. The molecule has 0 spiro atoms. The summed E-state index contributed by atoms with van der Waals surface area (Å²) in [6.45, 7) is 5.21. The Morgan fingerprint density at radius 1 is 1.03 bits per heavy atom. The van der Waals surface area contributed by atoms with E-state index in [1.807, 2.05) is 0 Å². The topological polar surface area (TPSA) is 93.7 Å². The summed E-state index contributed by atoms with van der Waals surface area (Å²) in [5.74, 6) is -1.75. The minimum absolute atomic E-state index is 0.100. The Morgan fingerprint density at radius 2 is 1.61 bits per heavy atom. The number of carbonyl (C=O) groups is 3. The third-order valence-corrected chi connectivity index (χ3v) is 5.86. The van der Waals surface area contributed by atoms with Gasteiger partial charge in [0.05, 0.1) is 18.8 Å². The van der Waals surface area contributed by atoms with Crippen LogP contribution >= 0.6 is 46.1 Å². The van der Waals surface area contributed by atoms with Crippen LogP contribution in [0.2, 0.25) is 0 Å². The largest absolute Gasteiger partial charge is 0.462 e. The van der Waals surface area contributed by atoms with Gasteiger partial charge in [-0.05, 0) is 38.5 Å². The lowest BCUT2D eigenvalue weighted by molar-refractivity contribution is 0.0527. The number of rotatable bonds is 8. The highest BCUT2D eigenvalue weighted by Gasteiger charge is 2.37. The maximum Gasteiger partial charge on any atom is 0.348 e. The van der Waals surface area contributed by atoms with Crippen LogP contribution in [0.25, 0.3) is 0 Å². The van der Waals surface area contributed by atoms with E-state index in [2.05, 4.69) is 10.6 Å². The molecule has 0 aliphatic heterocycles. The lowest BCUT2D eigenvalue weighted by Crippen LogP contribution is -2.49. The molecule has 1 amide bonds. The van der Waals surface area contributed by atoms with Gasteiger partial charge >= 0.3 is 11.9 Å². The van der Waals surface area contributed by atoms with Gasteiger partial charge in [0.1, 0.15) is 16.0 Å². The molecule has 0 bridgehead atoms. The molecule has 31 heavy (non-hydrogen) atoms. The highest BCUT2D eigenvalue weighted by atomic mass is 35.6. The molecule has 7 nitrogen and oxygen atoms in total. The van der Waals surface area contributed by atoms with Gasteiger partial charge in [-0.15, -0.1) is 11.3 Å². The molecule has 11 heteroatoms. The van der Waals surface area contributed by atoms with Crippen LogP contribution in [0.4, 0.5) is 5.00 Å². The van der Waals surface area contributed by atoms with Crippen LogP contribution < -0.4 is 10.6 Å². The van der Waals surface area contributed by atoms with Crippen molar-refractivity contribution in [2.45, 2.75) is 30.7 Å². The van der Waals surface area contributed by atoms with Crippen LogP contribution in [0, 0.1) is 6.92 Å². The molecule has 0 radical (unpaired) electrons. The van der Waals surface area contributed by atoms with Crippen LogP contribution in [0.1, 0.15) is 49.8 Å². The van der Waals surface area contributed by atoms with Crippen LogP contribution in [0.3, 0.4) is 0 Å². The number of amides is 1. The van der Waals surface area contributed by atoms with Crippen molar-refractivity contribution in [1.82, 2.24) is 5.32 Å². The Labute approximate surface area is 198 Å². The maximum atomic E-state index is 12.6. The van der Waals surface area contributed by atoms with Gasteiger partial charge in [0.2, 0.25) is 3.79 Å². The van der Waals surface area contributed by atoms with Crippen LogP contribution in [0.5, 0.6) is 0 Å². The first-order chi connectivity index (χ1) is 14.6. The summed E-state index contributed by atoms with van der Waals surface area (Å²) in [5.41, 5.74) is 0.814. The summed E-state index contributed by atoms with van der Waals surface area (Å²) in [7, 11) is 0. The fraction of sp³-hybridized carbons (Fsp3) is 0.350. The molecule has 2 rings (SSSR count). The lowest BCUT2D eigenvalue weighted by atomic mass is 10.1. The van der Waals surface area contributed by atoms with Crippen LogP contribution in [-0.4, -0.2) is 41.0 Å². The Hall–Kier alpha value is -2.00. The number of halogens is 3. The van der Waals surface area contributed by atoms with Crippen LogP contribution in [-0.2, 0) is 9.47 Å². The van der Waals surface area contributed by atoms with Crippen molar-refractivity contribution in [2.75, 3.05) is 18.5 Å². The number of nitrogens with one attached hydrogen (secondary N) is 2. The van der Waals surface area contributed by atoms with E-state index in [4.69, 9.17) is 44.3 Å². The van der Waals surface area contributed by atoms with E-state index in [1.165, 1.54) is 0 Å². The van der Waals surface area contributed by atoms with Gasteiger partial charge in [0, 0.05) is 5.56 Å². The standard InChI is InChI=1S/C20H21Cl3N2O5S/c1-4-29-17(27)13-11(3)14(18(28)30-5-2)31-16(13)25-19(20(21,22)23)24-15(26)12-9-7-6-8-10-12/h6-10,19,25H,4-5H2,1-3H3,(H,24,26)/t19-/m0/s1. The highest BCUT2D eigenvalue weighted by molar-refractivity contribution is 7.18. The van der Waals surface area contributed by atoms with Crippen molar-refractivity contribution >= 4 is 69.0 Å². The summed E-state index contributed by atoms with van der Waals surface area (Å²) in [5, 5.41) is 5.66. The molecule has 0 saturated heterocycles. The van der Waals surface area contributed by atoms with E-state index in [0.29, 0.717) is 11.1 Å². The van der Waals surface area contributed by atoms with Gasteiger partial charge in [0.15, 0.2) is 0 Å². The van der Waals surface area contributed by atoms with Gasteiger partial charge in [-0.1, -0.05) is 53.0 Å². The number of thiophene rings is 1. The summed E-state index contributed by atoms with van der Waals surface area (Å²) in [4.78, 5) is 37.7. The number of benzene rings is 1. The predicted molar refractivity (Wildman–Crippen MR) is 123 cm³/mol. The normalized spacial score (nSPS) is 12.1. The van der Waals surface area contributed by atoms with E-state index in [9.17, 15) is 14.4 Å². The summed E-state index contributed by atoms with van der Waals surface area (Å²) >= 11 is 19.2. The highest BCUT2D eigenvalue weighted by Crippen LogP contribution is 2.38. The van der Waals surface area contributed by atoms with Gasteiger partial charge in [-0.2, -0.15) is 0 Å². The van der Waals surface area contributed by atoms with Gasteiger partial charge < -0.3 is 20.1 Å². The number of carbonyl (C=O) groups excluding carboxylic acids is 3. The number of ether oxygens (including phenoxy) is 2. The van der Waals surface area contributed by atoms with E-state index in [-0.39, 0.29) is 28.7 Å². The van der Waals surface area contributed by atoms with Crippen LogP contribution in [0.15, 0.2) is 30.3 Å². The molecule has 2 N–H and O–H groups in total. The summed E-state index contributed by atoms with van der Waals surface area (Å²) in [6.07, 6.45) is -1.23. The average Bonchev–Trinajstić information content (AvgIpc) is 3.04. The molecule has 1 aromatic heterocycles. The number of alkyl halides is 3. The third kappa shape index (κ3) is 6.49. The molecule has 0 saturated carbocycles. The minimum atomic E-state index is -1.99. The SMILES string of the molecule is CCOC(=O)c1sc(N[C@H](NC(=O)c2ccccc2)C(Cl)(Cl)Cl)c(C(=O)OCC)c1C. The van der Waals surface area contributed by atoms with Gasteiger partial charge in [0.25, 0.3) is 5.91 Å². The number of esters is 2. The molecule has 2 aromatic rings. The molecule has 0 fully saturated rings. The van der Waals surface area contributed by atoms with Crippen molar-refractivity contribution in [3.05, 3.63) is 51.9 Å². The van der Waals surface area contributed by atoms with Gasteiger partial charge in [-0.25, -0.2) is 9.59 Å².